The summed E-state index contributed by atoms with van der Waals surface area (Å²) in [5.74, 6) is 0. The normalized spacial score (nSPS) is 11.0. The molecule has 4 rings (SSSR count). The zero-order chi connectivity index (χ0) is 14.1. The van der Waals surface area contributed by atoms with E-state index in [1.807, 2.05) is 0 Å². The first-order valence-electron chi connectivity index (χ1n) is 7.09. The van der Waals surface area contributed by atoms with Crippen LogP contribution in [0.25, 0.3) is 21.5 Å². The van der Waals surface area contributed by atoms with Crippen molar-refractivity contribution in [2.45, 2.75) is 0 Å². The molecule has 0 N–H and O–H groups in total. The van der Waals surface area contributed by atoms with Crippen molar-refractivity contribution < 1.29 is 0 Å². The maximum absolute atomic E-state index is 2.32. The van der Waals surface area contributed by atoms with Crippen LogP contribution in [0.4, 0.5) is 0 Å². The van der Waals surface area contributed by atoms with Crippen molar-refractivity contribution in [3.8, 4) is 0 Å². The van der Waals surface area contributed by atoms with E-state index in [4.69, 9.17) is 0 Å². The monoisotopic (exact) mass is 463 g/mol. The fraction of sp³-hybridized carbons (Fsp3) is 0. The first-order valence-corrected chi connectivity index (χ1v) is 10.6. The summed E-state index contributed by atoms with van der Waals surface area (Å²) in [7, 11) is 0. The van der Waals surface area contributed by atoms with Gasteiger partial charge in [-0.2, -0.15) is 0 Å². The third-order valence-corrected chi connectivity index (χ3v) is 8.68. The number of rotatable bonds is 2. The average molecular weight is 463 g/mol. The molecule has 0 atom stereocenters. The summed E-state index contributed by atoms with van der Waals surface area (Å²) in [5, 5.41) is 5.59. The molecule has 0 aliphatic rings. The summed E-state index contributed by atoms with van der Waals surface area (Å²) in [5.41, 5.74) is 0. The standard InChI is InChI=1S/2C10H7.Bi/c2*1-2-6-10-8-4-3-7-9(10)5-1;/h2*1-7H;. The average Bonchev–Trinajstić information content (AvgIpc) is 2.56. The van der Waals surface area contributed by atoms with Crippen LogP contribution >= 0.6 is 0 Å². The summed E-state index contributed by atoms with van der Waals surface area (Å²) in [6, 6.07) is 31.0. The van der Waals surface area contributed by atoms with Gasteiger partial charge in [0.05, 0.1) is 0 Å². The molecule has 0 saturated carbocycles. The van der Waals surface area contributed by atoms with E-state index in [2.05, 4.69) is 84.9 Å². The molecule has 0 spiro atoms. The molecule has 0 fully saturated rings. The van der Waals surface area contributed by atoms with Crippen LogP contribution in [0.2, 0.25) is 0 Å². The van der Waals surface area contributed by atoms with Crippen molar-refractivity contribution in [2.75, 3.05) is 0 Å². The third kappa shape index (κ3) is 2.47. The minimum absolute atomic E-state index is 0.914. The number of hydrogen-bond donors (Lipinski definition) is 0. The van der Waals surface area contributed by atoms with Crippen LogP contribution in [0, 0.1) is 0 Å². The van der Waals surface area contributed by atoms with Gasteiger partial charge in [-0.3, -0.25) is 0 Å². The van der Waals surface area contributed by atoms with Crippen LogP contribution in [0.15, 0.2) is 84.9 Å². The molecule has 0 amide bonds. The van der Waals surface area contributed by atoms with E-state index in [1.54, 1.807) is 6.54 Å². The van der Waals surface area contributed by atoms with Crippen molar-refractivity contribution in [3.63, 3.8) is 0 Å². The van der Waals surface area contributed by atoms with Gasteiger partial charge in [0.15, 0.2) is 0 Å². The van der Waals surface area contributed by atoms with Gasteiger partial charge in [0.1, 0.15) is 0 Å². The SMILES string of the molecule is c1ccc2[c]([Bi][c]3cccc4ccccc34)cccc2c1. The van der Waals surface area contributed by atoms with E-state index in [1.165, 1.54) is 21.5 Å². The summed E-state index contributed by atoms with van der Waals surface area (Å²) >= 11 is -0.914. The van der Waals surface area contributed by atoms with E-state index in [-0.39, 0.29) is 0 Å². The topological polar surface area (TPSA) is 0 Å². The molecule has 1 radical (unpaired) electrons. The molecule has 4 aromatic carbocycles. The molecule has 99 valence electrons. The predicted molar refractivity (Wildman–Crippen MR) is 92.9 cm³/mol. The third-order valence-electron chi connectivity index (χ3n) is 3.77. The molecule has 1 heteroatoms. The van der Waals surface area contributed by atoms with Gasteiger partial charge in [-0.05, 0) is 0 Å². The molecule has 0 aromatic heterocycles. The van der Waals surface area contributed by atoms with Crippen LogP contribution in [0.5, 0.6) is 0 Å². The zero-order valence-corrected chi connectivity index (χ0v) is 15.0. The zero-order valence-electron chi connectivity index (χ0n) is 11.5. The molecule has 0 aliphatic heterocycles. The fourth-order valence-corrected chi connectivity index (χ4v) is 7.52. The van der Waals surface area contributed by atoms with Gasteiger partial charge >= 0.3 is 136 Å². The molecule has 0 saturated heterocycles. The summed E-state index contributed by atoms with van der Waals surface area (Å²) in [6.07, 6.45) is 0. The fourth-order valence-electron chi connectivity index (χ4n) is 2.74. The molecule has 21 heavy (non-hydrogen) atoms. The van der Waals surface area contributed by atoms with Crippen LogP contribution in [0.1, 0.15) is 0 Å². The van der Waals surface area contributed by atoms with E-state index >= 15 is 0 Å². The molecule has 4 aromatic rings. The Kier molecular flexibility index (Phi) is 3.45. The number of benzene rings is 4. The van der Waals surface area contributed by atoms with Crippen LogP contribution in [0.3, 0.4) is 0 Å². The van der Waals surface area contributed by atoms with Gasteiger partial charge < -0.3 is 0 Å². The molecular weight excluding hydrogens is 449 g/mol. The quantitative estimate of drug-likeness (QED) is 0.399. The van der Waals surface area contributed by atoms with Gasteiger partial charge in [-0.15, -0.1) is 0 Å². The molecule has 0 aliphatic carbocycles. The number of fused-ring (bicyclic) bond motifs is 2. The van der Waals surface area contributed by atoms with Crippen LogP contribution < -0.4 is 6.54 Å². The van der Waals surface area contributed by atoms with E-state index in [0.29, 0.717) is 0 Å². The Morgan fingerprint density at radius 3 is 1.38 bits per heavy atom. The molecule has 0 nitrogen and oxygen atoms in total. The van der Waals surface area contributed by atoms with Crippen molar-refractivity contribution in [3.05, 3.63) is 84.9 Å². The van der Waals surface area contributed by atoms with Crippen molar-refractivity contribution in [2.24, 2.45) is 0 Å². The Hall–Kier alpha value is -1.72. The molecular formula is C20H14Bi. The first-order chi connectivity index (χ1) is 10.4. The predicted octanol–water partition coefficient (Wildman–Crippen LogP) is 3.65. The van der Waals surface area contributed by atoms with Crippen LogP contribution in [-0.2, 0) is 0 Å². The molecule has 0 heterocycles. The Labute approximate surface area is 136 Å². The second-order valence-corrected chi connectivity index (χ2v) is 9.72. The van der Waals surface area contributed by atoms with Gasteiger partial charge in [0, 0.05) is 0 Å². The van der Waals surface area contributed by atoms with Crippen molar-refractivity contribution in [1.29, 1.82) is 0 Å². The Morgan fingerprint density at radius 1 is 0.429 bits per heavy atom. The van der Waals surface area contributed by atoms with Gasteiger partial charge in [0.2, 0.25) is 0 Å². The maximum atomic E-state index is 2.32. The minimum atomic E-state index is -0.914. The van der Waals surface area contributed by atoms with Gasteiger partial charge in [0.25, 0.3) is 0 Å². The van der Waals surface area contributed by atoms with E-state index in [9.17, 15) is 0 Å². The van der Waals surface area contributed by atoms with E-state index < -0.39 is 23.2 Å². The van der Waals surface area contributed by atoms with E-state index in [0.717, 1.165) is 0 Å². The summed E-state index contributed by atoms with van der Waals surface area (Å²) in [6.45, 7) is 0. The Balaban J connectivity index is 1.87. The first kappa shape index (κ1) is 13.0. The number of hydrogen-bond acceptors (Lipinski definition) is 0. The molecule has 0 unspecified atom stereocenters. The van der Waals surface area contributed by atoms with Gasteiger partial charge in [-0.1, -0.05) is 0 Å². The summed E-state index contributed by atoms with van der Waals surface area (Å²) < 4.78 is 3.15. The Bertz CT molecular complexity index is 837. The van der Waals surface area contributed by atoms with Gasteiger partial charge in [-0.25, -0.2) is 0 Å². The Morgan fingerprint density at radius 2 is 0.857 bits per heavy atom. The van der Waals surface area contributed by atoms with Crippen LogP contribution in [-0.4, -0.2) is 23.2 Å². The van der Waals surface area contributed by atoms with Crippen molar-refractivity contribution >= 4 is 51.3 Å². The summed E-state index contributed by atoms with van der Waals surface area (Å²) in [4.78, 5) is 0. The second-order valence-electron chi connectivity index (χ2n) is 5.11. The van der Waals surface area contributed by atoms with Crippen molar-refractivity contribution in [1.82, 2.24) is 0 Å². The second kappa shape index (κ2) is 5.58. The molecule has 0 bridgehead atoms.